The molecule has 2 N–H and O–H groups in total. The first-order valence-corrected chi connectivity index (χ1v) is 10.2. The van der Waals surface area contributed by atoms with Crippen molar-refractivity contribution in [3.8, 4) is 0 Å². The smallest absolute Gasteiger partial charge is 0.272 e. The van der Waals surface area contributed by atoms with E-state index in [0.717, 1.165) is 56.3 Å². The van der Waals surface area contributed by atoms with E-state index >= 15 is 0 Å². The Balaban J connectivity index is 1.82. The van der Waals surface area contributed by atoms with Crippen LogP contribution in [0.3, 0.4) is 0 Å². The minimum Gasteiger partial charge on any atom is -0.396 e. The van der Waals surface area contributed by atoms with E-state index in [1.54, 1.807) is 0 Å². The molecule has 0 bridgehead atoms. The van der Waals surface area contributed by atoms with Gasteiger partial charge in [-0.25, -0.2) is 8.78 Å². The molecule has 27 heavy (non-hydrogen) atoms. The van der Waals surface area contributed by atoms with Gasteiger partial charge < -0.3 is 15.1 Å². The average Bonchev–Trinajstić information content (AvgIpc) is 3.11. The van der Waals surface area contributed by atoms with Crippen LogP contribution in [-0.4, -0.2) is 57.6 Å². The van der Waals surface area contributed by atoms with Gasteiger partial charge in [0.25, 0.3) is 5.92 Å². The number of hydrogen-bond acceptors (Lipinski definition) is 4. The highest BCUT2D eigenvalue weighted by Gasteiger charge is 2.44. The topological polar surface area (TPSA) is 61.5 Å². The molecule has 2 heterocycles. The lowest BCUT2D eigenvalue weighted by Crippen LogP contribution is -2.34. The van der Waals surface area contributed by atoms with Crippen LogP contribution < -0.4 is 0 Å². The van der Waals surface area contributed by atoms with Crippen molar-refractivity contribution in [1.29, 1.82) is 0 Å². The number of halogens is 2. The molecule has 0 aromatic carbocycles. The quantitative estimate of drug-likeness (QED) is 0.722. The second-order valence-electron chi connectivity index (χ2n) is 8.68. The van der Waals surface area contributed by atoms with Gasteiger partial charge in [-0.05, 0) is 51.6 Å². The zero-order chi connectivity index (χ0) is 19.7. The number of fused-ring (bicyclic) bond motifs is 1. The first-order valence-electron chi connectivity index (χ1n) is 10.2. The number of aliphatic hydroxyl groups is 2. The van der Waals surface area contributed by atoms with E-state index in [9.17, 15) is 19.0 Å². The molecule has 0 amide bonds. The fraction of sp³-hybridized carbons (Fsp3) is 0.850. The molecule has 0 spiro atoms. The summed E-state index contributed by atoms with van der Waals surface area (Å²) in [6.07, 6.45) is 5.05. The summed E-state index contributed by atoms with van der Waals surface area (Å²) in [5.74, 6) is -2.53. The predicted octanol–water partition coefficient (Wildman–Crippen LogP) is 2.94. The second-order valence-corrected chi connectivity index (χ2v) is 8.68. The Morgan fingerprint density at radius 1 is 1.22 bits per heavy atom. The van der Waals surface area contributed by atoms with Crippen molar-refractivity contribution in [2.24, 2.45) is 5.41 Å². The number of nitrogens with zero attached hydrogens (tertiary/aromatic N) is 3. The maximum Gasteiger partial charge on any atom is 0.272 e. The summed E-state index contributed by atoms with van der Waals surface area (Å²) in [6.45, 7) is 3.45. The van der Waals surface area contributed by atoms with Crippen LogP contribution in [0, 0.1) is 5.41 Å². The lowest BCUT2D eigenvalue weighted by Gasteiger charge is -2.38. The summed E-state index contributed by atoms with van der Waals surface area (Å²) >= 11 is 0. The van der Waals surface area contributed by atoms with E-state index in [2.05, 4.69) is 24.0 Å². The van der Waals surface area contributed by atoms with Crippen molar-refractivity contribution in [2.75, 3.05) is 26.8 Å². The first kappa shape index (κ1) is 20.7. The van der Waals surface area contributed by atoms with Gasteiger partial charge in [0, 0.05) is 23.2 Å². The molecule has 0 unspecified atom stereocenters. The summed E-state index contributed by atoms with van der Waals surface area (Å²) in [7, 11) is 2.06. The maximum atomic E-state index is 14.0. The number of aromatic nitrogens is 2. The molecule has 0 saturated heterocycles. The number of aliphatic hydroxyl groups excluding tert-OH is 2. The highest BCUT2D eigenvalue weighted by molar-refractivity contribution is 5.34. The van der Waals surface area contributed by atoms with E-state index in [1.165, 1.54) is 4.68 Å². The second kappa shape index (κ2) is 8.13. The number of rotatable bonds is 8. The molecule has 1 fully saturated rings. The van der Waals surface area contributed by atoms with Gasteiger partial charge in [0.05, 0.1) is 25.3 Å². The van der Waals surface area contributed by atoms with E-state index < -0.39 is 11.3 Å². The Labute approximate surface area is 160 Å². The highest BCUT2D eigenvalue weighted by Crippen LogP contribution is 2.46. The third-order valence-electron chi connectivity index (χ3n) is 6.42. The predicted molar refractivity (Wildman–Crippen MR) is 99.9 cm³/mol. The van der Waals surface area contributed by atoms with Crippen molar-refractivity contribution in [3.05, 3.63) is 17.0 Å². The number of alkyl halides is 2. The van der Waals surface area contributed by atoms with Crippen molar-refractivity contribution < 1.29 is 19.0 Å². The molecular formula is C20H33F2N3O2. The highest BCUT2D eigenvalue weighted by atomic mass is 19.3. The Morgan fingerprint density at radius 3 is 2.48 bits per heavy atom. The van der Waals surface area contributed by atoms with Crippen LogP contribution in [0.15, 0.2) is 0 Å². The molecule has 7 heteroatoms. The molecule has 1 aliphatic heterocycles. The lowest BCUT2D eigenvalue weighted by atomic mass is 9.69. The average molecular weight is 385 g/mol. The monoisotopic (exact) mass is 385 g/mol. The van der Waals surface area contributed by atoms with Crippen molar-refractivity contribution in [3.63, 3.8) is 0 Å². The molecule has 3 rings (SSSR count). The van der Waals surface area contributed by atoms with E-state index in [4.69, 9.17) is 0 Å². The third-order valence-corrected chi connectivity index (χ3v) is 6.42. The van der Waals surface area contributed by atoms with E-state index in [0.29, 0.717) is 12.2 Å². The summed E-state index contributed by atoms with van der Waals surface area (Å²) in [4.78, 5) is 2.22. The Hall–Kier alpha value is -1.05. The van der Waals surface area contributed by atoms with E-state index in [1.807, 2.05) is 0 Å². The molecular weight excluding hydrogens is 352 g/mol. The molecule has 5 nitrogen and oxygen atoms in total. The molecule has 1 aliphatic carbocycles. The van der Waals surface area contributed by atoms with Crippen LogP contribution >= 0.6 is 0 Å². The molecule has 0 atom stereocenters. The standard InChI is InChI=1S/C20H33F2N3O2/c1-3-4-9-24(2)11-16-18(17-10-20(21,22)12-25(17)23-16)15-5-7-19(13-26,14-27)8-6-15/h15,26-27H,3-14H2,1-2H3. The zero-order valence-electron chi connectivity index (χ0n) is 16.6. The van der Waals surface area contributed by atoms with Crippen LogP contribution in [0.2, 0.25) is 0 Å². The van der Waals surface area contributed by atoms with Crippen LogP contribution in [0.1, 0.15) is 68.3 Å². The maximum absolute atomic E-state index is 14.0. The minimum absolute atomic E-state index is 0.0208. The first-order chi connectivity index (χ1) is 12.8. The van der Waals surface area contributed by atoms with Crippen LogP contribution in [0.5, 0.6) is 0 Å². The fourth-order valence-corrected chi connectivity index (χ4v) is 4.64. The van der Waals surface area contributed by atoms with Gasteiger partial charge in [-0.15, -0.1) is 0 Å². The van der Waals surface area contributed by atoms with Gasteiger partial charge in [-0.3, -0.25) is 4.68 Å². The van der Waals surface area contributed by atoms with Gasteiger partial charge >= 0.3 is 0 Å². The lowest BCUT2D eigenvalue weighted by molar-refractivity contribution is 0.000502. The SMILES string of the molecule is CCCCN(C)Cc1nn2c(c1C1CCC(CO)(CO)CC1)CC(F)(F)C2. The van der Waals surface area contributed by atoms with Crippen LogP contribution in [0.25, 0.3) is 0 Å². The fourth-order valence-electron chi connectivity index (χ4n) is 4.64. The van der Waals surface area contributed by atoms with Crippen molar-refractivity contribution in [2.45, 2.75) is 76.8 Å². The third kappa shape index (κ3) is 4.35. The van der Waals surface area contributed by atoms with Crippen molar-refractivity contribution in [1.82, 2.24) is 14.7 Å². The summed E-state index contributed by atoms with van der Waals surface area (Å²) < 4.78 is 29.5. The summed E-state index contributed by atoms with van der Waals surface area (Å²) in [5, 5.41) is 23.9. The van der Waals surface area contributed by atoms with Gasteiger partial charge in [-0.1, -0.05) is 13.3 Å². The normalized spacial score (nSPS) is 21.7. The van der Waals surface area contributed by atoms with Gasteiger partial charge in [-0.2, -0.15) is 5.10 Å². The molecule has 1 saturated carbocycles. The van der Waals surface area contributed by atoms with Gasteiger partial charge in [0.1, 0.15) is 6.54 Å². The Morgan fingerprint density at radius 2 is 1.89 bits per heavy atom. The van der Waals surface area contributed by atoms with Crippen LogP contribution in [0.4, 0.5) is 8.78 Å². The molecule has 154 valence electrons. The number of hydrogen-bond donors (Lipinski definition) is 2. The Kier molecular flexibility index (Phi) is 6.23. The molecule has 1 aromatic heterocycles. The zero-order valence-corrected chi connectivity index (χ0v) is 16.6. The minimum atomic E-state index is -2.71. The molecule has 0 radical (unpaired) electrons. The summed E-state index contributed by atoms with van der Waals surface area (Å²) in [6, 6.07) is 0. The Bertz CT molecular complexity index is 633. The van der Waals surface area contributed by atoms with Gasteiger partial charge in [0.2, 0.25) is 0 Å². The van der Waals surface area contributed by atoms with Crippen LogP contribution in [-0.2, 0) is 19.5 Å². The number of unbranched alkanes of at least 4 members (excludes halogenated alkanes) is 1. The van der Waals surface area contributed by atoms with Crippen molar-refractivity contribution >= 4 is 0 Å². The molecule has 2 aliphatic rings. The molecule has 1 aromatic rings. The van der Waals surface area contributed by atoms with E-state index in [-0.39, 0.29) is 32.1 Å². The largest absolute Gasteiger partial charge is 0.396 e. The van der Waals surface area contributed by atoms with Gasteiger partial charge in [0.15, 0.2) is 0 Å². The summed E-state index contributed by atoms with van der Waals surface area (Å²) in [5.41, 5.74) is 2.23.